The molecule has 0 amide bonds. The van der Waals surface area contributed by atoms with Gasteiger partial charge >= 0.3 is 0 Å². The molecule has 0 spiro atoms. The van der Waals surface area contributed by atoms with Crippen molar-refractivity contribution >= 4 is 0 Å². The average molecular weight is 216 g/mol. The van der Waals surface area contributed by atoms with Gasteiger partial charge in [0.15, 0.2) is 0 Å². The number of phenolic OH excluding ortho intramolecular Hbond substituents is 1. The fourth-order valence-electron chi connectivity index (χ4n) is 1.84. The van der Waals surface area contributed by atoms with E-state index in [1.807, 2.05) is 33.8 Å². The number of aromatic amines is 1. The highest BCUT2D eigenvalue weighted by Crippen LogP contribution is 2.31. The van der Waals surface area contributed by atoms with Crippen LogP contribution in [0.4, 0.5) is 0 Å². The predicted octanol–water partition coefficient (Wildman–Crippen LogP) is 3.02. The van der Waals surface area contributed by atoms with Crippen LogP contribution in [0.3, 0.4) is 0 Å². The Bertz CT molecular complexity index is 541. The summed E-state index contributed by atoms with van der Waals surface area (Å²) in [5.41, 5.74) is 6.13. The van der Waals surface area contributed by atoms with E-state index in [2.05, 4.69) is 10.2 Å². The SMILES string of the molecule is Cc1cc(C)c(-c2n[nH]c(C)c2C)cc1O. The quantitative estimate of drug-likeness (QED) is 0.769. The largest absolute Gasteiger partial charge is 0.508 e. The lowest BCUT2D eigenvalue weighted by Gasteiger charge is -2.07. The maximum absolute atomic E-state index is 9.75. The molecule has 0 aliphatic rings. The van der Waals surface area contributed by atoms with Crippen molar-refractivity contribution in [3.8, 4) is 17.0 Å². The maximum Gasteiger partial charge on any atom is 0.119 e. The van der Waals surface area contributed by atoms with E-state index >= 15 is 0 Å². The van der Waals surface area contributed by atoms with Crippen molar-refractivity contribution in [1.29, 1.82) is 0 Å². The molecular weight excluding hydrogens is 200 g/mol. The van der Waals surface area contributed by atoms with E-state index in [0.29, 0.717) is 5.75 Å². The van der Waals surface area contributed by atoms with Crippen LogP contribution in [0, 0.1) is 27.7 Å². The summed E-state index contributed by atoms with van der Waals surface area (Å²) >= 11 is 0. The summed E-state index contributed by atoms with van der Waals surface area (Å²) in [7, 11) is 0. The molecule has 1 aromatic heterocycles. The Kier molecular flexibility index (Phi) is 2.46. The Morgan fingerprint density at radius 1 is 1.06 bits per heavy atom. The van der Waals surface area contributed by atoms with Gasteiger partial charge in [-0.05, 0) is 50.5 Å². The second kappa shape index (κ2) is 3.67. The van der Waals surface area contributed by atoms with Crippen molar-refractivity contribution in [3.63, 3.8) is 0 Å². The highest BCUT2D eigenvalue weighted by Gasteiger charge is 2.12. The molecule has 2 rings (SSSR count). The molecule has 0 radical (unpaired) electrons. The number of aryl methyl sites for hydroxylation is 3. The number of nitrogens with zero attached hydrogens (tertiary/aromatic N) is 1. The Hall–Kier alpha value is -1.77. The zero-order valence-corrected chi connectivity index (χ0v) is 10.0. The molecule has 16 heavy (non-hydrogen) atoms. The maximum atomic E-state index is 9.75. The molecule has 0 aliphatic heterocycles. The molecule has 2 N–H and O–H groups in total. The number of aromatic nitrogens is 2. The minimum Gasteiger partial charge on any atom is -0.508 e. The third-order valence-electron chi connectivity index (χ3n) is 3.05. The number of hydrogen-bond acceptors (Lipinski definition) is 2. The van der Waals surface area contributed by atoms with Crippen LogP contribution in [0.1, 0.15) is 22.4 Å². The second-order valence-corrected chi connectivity index (χ2v) is 4.28. The number of rotatable bonds is 1. The number of hydrogen-bond donors (Lipinski definition) is 2. The fraction of sp³-hybridized carbons (Fsp3) is 0.308. The average Bonchev–Trinajstić information content (AvgIpc) is 2.54. The molecule has 1 heterocycles. The monoisotopic (exact) mass is 216 g/mol. The van der Waals surface area contributed by atoms with Gasteiger partial charge in [-0.3, -0.25) is 5.10 Å². The van der Waals surface area contributed by atoms with Crippen molar-refractivity contribution in [2.24, 2.45) is 0 Å². The first kappa shape index (κ1) is 10.7. The van der Waals surface area contributed by atoms with Gasteiger partial charge in [-0.2, -0.15) is 5.10 Å². The molecule has 0 bridgehead atoms. The van der Waals surface area contributed by atoms with Crippen LogP contribution in [-0.4, -0.2) is 15.3 Å². The first-order chi connectivity index (χ1) is 7.50. The van der Waals surface area contributed by atoms with Crippen LogP contribution >= 0.6 is 0 Å². The highest BCUT2D eigenvalue weighted by atomic mass is 16.3. The Morgan fingerprint density at radius 3 is 2.31 bits per heavy atom. The first-order valence-electron chi connectivity index (χ1n) is 5.33. The Labute approximate surface area is 95.1 Å². The van der Waals surface area contributed by atoms with Crippen molar-refractivity contribution in [2.45, 2.75) is 27.7 Å². The lowest BCUT2D eigenvalue weighted by atomic mass is 9.99. The second-order valence-electron chi connectivity index (χ2n) is 4.28. The van der Waals surface area contributed by atoms with Crippen molar-refractivity contribution in [3.05, 3.63) is 34.5 Å². The van der Waals surface area contributed by atoms with E-state index in [-0.39, 0.29) is 0 Å². The standard InChI is InChI=1S/C13H16N2O/c1-7-5-8(2)12(16)6-11(7)13-9(3)10(4)14-15-13/h5-6,16H,1-4H3,(H,14,15). The molecule has 0 unspecified atom stereocenters. The molecule has 0 atom stereocenters. The van der Waals surface area contributed by atoms with Crippen molar-refractivity contribution < 1.29 is 5.11 Å². The molecule has 84 valence electrons. The molecular formula is C13H16N2O. The van der Waals surface area contributed by atoms with Gasteiger partial charge in [0.2, 0.25) is 0 Å². The van der Waals surface area contributed by atoms with E-state index in [1.54, 1.807) is 6.07 Å². The number of benzene rings is 1. The van der Waals surface area contributed by atoms with Crippen molar-refractivity contribution in [2.75, 3.05) is 0 Å². The van der Waals surface area contributed by atoms with Crippen LogP contribution in [-0.2, 0) is 0 Å². The van der Waals surface area contributed by atoms with Crippen LogP contribution in [0.15, 0.2) is 12.1 Å². The number of aromatic hydroxyl groups is 1. The molecule has 0 saturated carbocycles. The summed E-state index contributed by atoms with van der Waals surface area (Å²) < 4.78 is 0. The molecule has 3 nitrogen and oxygen atoms in total. The van der Waals surface area contributed by atoms with Crippen LogP contribution < -0.4 is 0 Å². The van der Waals surface area contributed by atoms with Gasteiger partial charge in [-0.25, -0.2) is 0 Å². The summed E-state index contributed by atoms with van der Waals surface area (Å²) in [6, 6.07) is 3.77. The molecule has 0 saturated heterocycles. The van der Waals surface area contributed by atoms with Gasteiger partial charge in [-0.1, -0.05) is 6.07 Å². The third kappa shape index (κ3) is 1.58. The summed E-state index contributed by atoms with van der Waals surface area (Å²) in [6.45, 7) is 7.96. The predicted molar refractivity (Wildman–Crippen MR) is 64.6 cm³/mol. The third-order valence-corrected chi connectivity index (χ3v) is 3.05. The molecule has 3 heteroatoms. The molecule has 0 aliphatic carbocycles. The highest BCUT2D eigenvalue weighted by molar-refractivity contribution is 5.69. The van der Waals surface area contributed by atoms with Gasteiger partial charge < -0.3 is 5.11 Å². The zero-order chi connectivity index (χ0) is 11.9. The topological polar surface area (TPSA) is 48.9 Å². The minimum absolute atomic E-state index is 0.320. The van der Waals surface area contributed by atoms with Crippen molar-refractivity contribution in [1.82, 2.24) is 10.2 Å². The Morgan fingerprint density at radius 2 is 1.75 bits per heavy atom. The van der Waals surface area contributed by atoms with E-state index in [9.17, 15) is 5.11 Å². The van der Waals surface area contributed by atoms with Crippen LogP contribution in [0.25, 0.3) is 11.3 Å². The summed E-state index contributed by atoms with van der Waals surface area (Å²) in [5, 5.41) is 17.0. The normalized spacial score (nSPS) is 10.8. The molecule has 0 fully saturated rings. The van der Waals surface area contributed by atoms with E-state index in [0.717, 1.165) is 33.6 Å². The van der Waals surface area contributed by atoms with Gasteiger partial charge in [0, 0.05) is 11.3 Å². The van der Waals surface area contributed by atoms with E-state index in [1.165, 1.54) is 0 Å². The minimum atomic E-state index is 0.320. The van der Waals surface area contributed by atoms with E-state index < -0.39 is 0 Å². The lowest BCUT2D eigenvalue weighted by Crippen LogP contribution is -1.88. The zero-order valence-electron chi connectivity index (χ0n) is 10.0. The summed E-state index contributed by atoms with van der Waals surface area (Å²) in [4.78, 5) is 0. The fourth-order valence-corrected chi connectivity index (χ4v) is 1.84. The Balaban J connectivity index is 2.65. The van der Waals surface area contributed by atoms with E-state index in [4.69, 9.17) is 0 Å². The lowest BCUT2D eigenvalue weighted by molar-refractivity contribution is 0.471. The number of H-pyrrole nitrogens is 1. The van der Waals surface area contributed by atoms with Crippen LogP contribution in [0.2, 0.25) is 0 Å². The summed E-state index contributed by atoms with van der Waals surface area (Å²) in [6.07, 6.45) is 0. The molecule has 1 aromatic carbocycles. The number of nitrogens with one attached hydrogen (secondary N) is 1. The van der Waals surface area contributed by atoms with Gasteiger partial charge in [-0.15, -0.1) is 0 Å². The molecule has 2 aromatic rings. The van der Waals surface area contributed by atoms with Crippen LogP contribution in [0.5, 0.6) is 5.75 Å². The summed E-state index contributed by atoms with van der Waals surface area (Å²) in [5.74, 6) is 0.320. The number of phenols is 1. The first-order valence-corrected chi connectivity index (χ1v) is 5.33. The van der Waals surface area contributed by atoms with Gasteiger partial charge in [0.05, 0.1) is 5.69 Å². The van der Waals surface area contributed by atoms with Gasteiger partial charge in [0.1, 0.15) is 5.75 Å². The smallest absolute Gasteiger partial charge is 0.119 e. The van der Waals surface area contributed by atoms with Gasteiger partial charge in [0.25, 0.3) is 0 Å².